The topological polar surface area (TPSA) is 64.9 Å². The third-order valence-electron chi connectivity index (χ3n) is 5.50. The van der Waals surface area contributed by atoms with Crippen molar-refractivity contribution in [1.29, 1.82) is 5.26 Å². The molecule has 158 valence electrons. The number of hydrogen-bond donors (Lipinski definition) is 2. The van der Waals surface area contributed by atoms with Crippen LogP contribution in [0.15, 0.2) is 36.0 Å². The lowest BCUT2D eigenvalue weighted by atomic mass is 9.98. The van der Waals surface area contributed by atoms with Gasteiger partial charge in [-0.1, -0.05) is 69.9 Å². The molecule has 1 aromatic rings. The molecule has 1 saturated carbocycles. The van der Waals surface area contributed by atoms with Gasteiger partial charge in [-0.3, -0.25) is 4.79 Å². The van der Waals surface area contributed by atoms with Gasteiger partial charge in [0.05, 0.1) is 0 Å². The first-order chi connectivity index (χ1) is 14.2. The number of nitriles is 1. The standard InChI is InChI=1S/C24H34FN3O/c25-22-12-10-11-20(17-22)15-16-27-19-21(18-26)24(29)28-23-13-8-6-4-2-1-3-5-7-9-14-23/h10-12,17,19,23,27H,1-9,13-16H2,(H,28,29)/b21-19-. The van der Waals surface area contributed by atoms with Crippen molar-refractivity contribution in [3.05, 3.63) is 47.4 Å². The SMILES string of the molecule is N#C/C(=C/NCCc1cccc(F)c1)C(=O)NC1CCCCCCCCCCC1. The molecule has 0 spiro atoms. The Labute approximate surface area is 174 Å². The van der Waals surface area contributed by atoms with Crippen LogP contribution in [0.5, 0.6) is 0 Å². The second kappa shape index (κ2) is 13.8. The molecule has 0 heterocycles. The van der Waals surface area contributed by atoms with Gasteiger partial charge in [0, 0.05) is 18.8 Å². The average molecular weight is 400 g/mol. The van der Waals surface area contributed by atoms with E-state index in [1.54, 1.807) is 6.07 Å². The molecule has 0 radical (unpaired) electrons. The van der Waals surface area contributed by atoms with Gasteiger partial charge < -0.3 is 10.6 Å². The van der Waals surface area contributed by atoms with E-state index in [2.05, 4.69) is 10.6 Å². The van der Waals surface area contributed by atoms with Crippen LogP contribution >= 0.6 is 0 Å². The summed E-state index contributed by atoms with van der Waals surface area (Å²) in [5.74, 6) is -0.560. The van der Waals surface area contributed by atoms with Gasteiger partial charge >= 0.3 is 0 Å². The van der Waals surface area contributed by atoms with E-state index in [0.717, 1.165) is 31.2 Å². The zero-order chi connectivity index (χ0) is 20.7. The predicted octanol–water partition coefficient (Wildman–Crippen LogP) is 5.15. The van der Waals surface area contributed by atoms with Gasteiger partial charge in [0.2, 0.25) is 0 Å². The molecule has 0 saturated heterocycles. The van der Waals surface area contributed by atoms with Gasteiger partial charge in [0.1, 0.15) is 17.5 Å². The Morgan fingerprint density at radius 3 is 2.28 bits per heavy atom. The smallest absolute Gasteiger partial charge is 0.263 e. The van der Waals surface area contributed by atoms with Gasteiger partial charge in [-0.2, -0.15) is 5.26 Å². The van der Waals surface area contributed by atoms with Crippen LogP contribution in [0.4, 0.5) is 4.39 Å². The molecule has 1 fully saturated rings. The Morgan fingerprint density at radius 1 is 1.07 bits per heavy atom. The molecular weight excluding hydrogens is 365 g/mol. The minimum Gasteiger partial charge on any atom is -0.389 e. The van der Waals surface area contributed by atoms with E-state index < -0.39 is 0 Å². The fourth-order valence-electron chi connectivity index (χ4n) is 3.80. The highest BCUT2D eigenvalue weighted by Gasteiger charge is 2.15. The monoisotopic (exact) mass is 399 g/mol. The summed E-state index contributed by atoms with van der Waals surface area (Å²) in [6.45, 7) is 0.533. The predicted molar refractivity (Wildman–Crippen MR) is 115 cm³/mol. The highest BCUT2D eigenvalue weighted by atomic mass is 19.1. The molecule has 1 aliphatic carbocycles. The maximum atomic E-state index is 13.2. The van der Waals surface area contributed by atoms with Crippen LogP contribution in [0.2, 0.25) is 0 Å². The zero-order valence-electron chi connectivity index (χ0n) is 17.4. The van der Waals surface area contributed by atoms with E-state index in [-0.39, 0.29) is 23.3 Å². The molecule has 5 heteroatoms. The highest BCUT2D eigenvalue weighted by molar-refractivity contribution is 5.97. The lowest BCUT2D eigenvalue weighted by molar-refractivity contribution is -0.117. The van der Waals surface area contributed by atoms with Crippen LogP contribution in [0.3, 0.4) is 0 Å². The number of nitrogens with zero attached hydrogens (tertiary/aromatic N) is 1. The number of nitrogens with one attached hydrogen (secondary N) is 2. The largest absolute Gasteiger partial charge is 0.389 e. The molecule has 1 aromatic carbocycles. The van der Waals surface area contributed by atoms with E-state index in [1.165, 1.54) is 63.3 Å². The maximum absolute atomic E-state index is 13.2. The first-order valence-electron chi connectivity index (χ1n) is 11.1. The second-order valence-electron chi connectivity index (χ2n) is 7.93. The number of amides is 1. The molecular formula is C24H34FN3O. The van der Waals surface area contributed by atoms with Crippen molar-refractivity contribution in [1.82, 2.24) is 10.6 Å². The van der Waals surface area contributed by atoms with Gasteiger partial charge in [-0.25, -0.2) is 4.39 Å². The van der Waals surface area contributed by atoms with Crippen molar-refractivity contribution < 1.29 is 9.18 Å². The molecule has 0 unspecified atom stereocenters. The molecule has 2 rings (SSSR count). The van der Waals surface area contributed by atoms with Crippen LogP contribution in [0.1, 0.15) is 76.2 Å². The first-order valence-corrected chi connectivity index (χ1v) is 11.1. The molecule has 4 nitrogen and oxygen atoms in total. The van der Waals surface area contributed by atoms with E-state index in [9.17, 15) is 14.4 Å². The number of halogens is 1. The van der Waals surface area contributed by atoms with Crippen LogP contribution in [0.25, 0.3) is 0 Å². The van der Waals surface area contributed by atoms with Gasteiger partial charge in [0.25, 0.3) is 5.91 Å². The molecule has 0 aliphatic heterocycles. The van der Waals surface area contributed by atoms with E-state index in [0.29, 0.717) is 13.0 Å². The summed E-state index contributed by atoms with van der Waals surface area (Å²) >= 11 is 0. The summed E-state index contributed by atoms with van der Waals surface area (Å²) in [5.41, 5.74) is 0.970. The second-order valence-corrected chi connectivity index (χ2v) is 7.93. The fourth-order valence-corrected chi connectivity index (χ4v) is 3.80. The summed E-state index contributed by atoms with van der Waals surface area (Å²) in [7, 11) is 0. The number of benzene rings is 1. The van der Waals surface area contributed by atoms with E-state index >= 15 is 0 Å². The normalized spacial score (nSPS) is 17.4. The number of rotatable bonds is 6. The van der Waals surface area contributed by atoms with Gasteiger partial charge in [-0.05, 0) is 37.0 Å². The van der Waals surface area contributed by atoms with Gasteiger partial charge in [0.15, 0.2) is 0 Å². The summed E-state index contributed by atoms with van der Waals surface area (Å²) < 4.78 is 13.2. The van der Waals surface area contributed by atoms with Crippen LogP contribution < -0.4 is 10.6 Å². The van der Waals surface area contributed by atoms with Crippen molar-refractivity contribution in [3.63, 3.8) is 0 Å². The molecule has 1 aliphatic rings. The average Bonchev–Trinajstić information content (AvgIpc) is 2.70. The summed E-state index contributed by atoms with van der Waals surface area (Å²) in [6, 6.07) is 8.58. The van der Waals surface area contributed by atoms with Gasteiger partial charge in [-0.15, -0.1) is 0 Å². The Hall–Kier alpha value is -2.35. The fraction of sp³-hybridized carbons (Fsp3) is 0.583. The van der Waals surface area contributed by atoms with Crippen molar-refractivity contribution in [3.8, 4) is 6.07 Å². The minimum absolute atomic E-state index is 0.0929. The third-order valence-corrected chi connectivity index (χ3v) is 5.50. The van der Waals surface area contributed by atoms with Crippen molar-refractivity contribution in [2.75, 3.05) is 6.54 Å². The van der Waals surface area contributed by atoms with Crippen LogP contribution in [-0.4, -0.2) is 18.5 Å². The molecule has 29 heavy (non-hydrogen) atoms. The Balaban J connectivity index is 1.80. The number of carbonyl (C=O) groups is 1. The Morgan fingerprint density at radius 2 is 1.69 bits per heavy atom. The first kappa shape index (κ1) is 22.9. The van der Waals surface area contributed by atoms with Crippen molar-refractivity contribution in [2.45, 2.75) is 83.1 Å². The van der Waals surface area contributed by atoms with Crippen LogP contribution in [0, 0.1) is 17.1 Å². The molecule has 0 aromatic heterocycles. The molecule has 1 amide bonds. The minimum atomic E-state index is -0.303. The maximum Gasteiger partial charge on any atom is 0.263 e. The molecule has 0 bridgehead atoms. The molecule has 2 N–H and O–H groups in total. The number of carbonyl (C=O) groups excluding carboxylic acids is 1. The Kier molecular flexibility index (Phi) is 10.9. The van der Waals surface area contributed by atoms with Crippen LogP contribution in [-0.2, 0) is 11.2 Å². The van der Waals surface area contributed by atoms with E-state index in [1.807, 2.05) is 12.1 Å². The quantitative estimate of drug-likeness (QED) is 0.395. The zero-order valence-corrected chi connectivity index (χ0v) is 17.4. The lowest BCUT2D eigenvalue weighted by Gasteiger charge is -2.19. The third kappa shape index (κ3) is 9.60. The van der Waals surface area contributed by atoms with Crippen molar-refractivity contribution >= 4 is 5.91 Å². The van der Waals surface area contributed by atoms with Crippen molar-refractivity contribution in [2.24, 2.45) is 0 Å². The summed E-state index contributed by atoms with van der Waals surface area (Å²) in [4.78, 5) is 12.5. The highest BCUT2D eigenvalue weighted by Crippen LogP contribution is 2.17. The summed E-state index contributed by atoms with van der Waals surface area (Å²) in [5, 5.41) is 15.4. The lowest BCUT2D eigenvalue weighted by Crippen LogP contribution is -2.36. The summed E-state index contributed by atoms with van der Waals surface area (Å²) in [6.07, 6.45) is 15.3. The number of hydrogen-bond acceptors (Lipinski definition) is 3. The Bertz CT molecular complexity index is 684. The van der Waals surface area contributed by atoms with E-state index in [4.69, 9.17) is 0 Å². The molecule has 0 atom stereocenters.